The fraction of sp³-hybridized carbons (Fsp3) is 0.273. The lowest BCUT2D eigenvalue weighted by Gasteiger charge is -2.17. The fourth-order valence-corrected chi connectivity index (χ4v) is 2.39. The summed E-state index contributed by atoms with van der Waals surface area (Å²) >= 11 is 0. The maximum Gasteiger partial charge on any atom is 0.317 e. The molecule has 1 aliphatic heterocycles. The molecule has 0 atom stereocenters. The molecule has 1 heterocycles. The standard InChI is InChI=1S/C11H14N2O3S/c1-10-8-13(9-12(10)2)16-17(14,15)11-6-4-3-5-7-11/h3-8H,9H2,1-2H3. The zero-order valence-corrected chi connectivity index (χ0v) is 10.5. The normalized spacial score (nSPS) is 16.2. The molecule has 0 N–H and O–H groups in total. The van der Waals surface area contributed by atoms with Crippen molar-refractivity contribution in [1.29, 1.82) is 0 Å². The lowest BCUT2D eigenvalue weighted by Crippen LogP contribution is -2.26. The van der Waals surface area contributed by atoms with E-state index in [1.807, 2.05) is 18.9 Å². The molecular formula is C11H14N2O3S. The van der Waals surface area contributed by atoms with E-state index in [1.54, 1.807) is 24.4 Å². The van der Waals surface area contributed by atoms with Crippen molar-refractivity contribution in [3.8, 4) is 0 Å². The molecule has 6 heteroatoms. The van der Waals surface area contributed by atoms with E-state index in [4.69, 9.17) is 4.28 Å². The Kier molecular flexibility index (Phi) is 3.08. The van der Waals surface area contributed by atoms with Gasteiger partial charge >= 0.3 is 10.1 Å². The Bertz CT molecular complexity index is 525. The van der Waals surface area contributed by atoms with Crippen LogP contribution in [0.4, 0.5) is 0 Å². The highest BCUT2D eigenvalue weighted by molar-refractivity contribution is 7.86. The fourth-order valence-electron chi connectivity index (χ4n) is 1.47. The summed E-state index contributed by atoms with van der Waals surface area (Å²) < 4.78 is 28.8. The minimum absolute atomic E-state index is 0.153. The number of allylic oxidation sites excluding steroid dienone is 1. The summed E-state index contributed by atoms with van der Waals surface area (Å²) in [6.07, 6.45) is 1.65. The minimum Gasteiger partial charge on any atom is -0.357 e. The van der Waals surface area contributed by atoms with Crippen LogP contribution < -0.4 is 0 Å². The number of hydrogen-bond donors (Lipinski definition) is 0. The Morgan fingerprint density at radius 1 is 1.24 bits per heavy atom. The largest absolute Gasteiger partial charge is 0.357 e. The molecule has 2 rings (SSSR count). The quantitative estimate of drug-likeness (QED) is 0.815. The first-order chi connectivity index (χ1) is 7.99. The smallest absolute Gasteiger partial charge is 0.317 e. The third kappa shape index (κ3) is 2.59. The van der Waals surface area contributed by atoms with Crippen molar-refractivity contribution >= 4 is 10.1 Å². The van der Waals surface area contributed by atoms with E-state index in [9.17, 15) is 8.42 Å². The molecule has 0 unspecified atom stereocenters. The molecule has 5 nitrogen and oxygen atoms in total. The minimum atomic E-state index is -3.74. The van der Waals surface area contributed by atoms with Crippen molar-refractivity contribution in [2.75, 3.05) is 13.7 Å². The van der Waals surface area contributed by atoms with Crippen LogP contribution in [-0.4, -0.2) is 32.1 Å². The Balaban J connectivity index is 2.15. The van der Waals surface area contributed by atoms with E-state index < -0.39 is 10.1 Å². The van der Waals surface area contributed by atoms with Crippen LogP contribution in [0.25, 0.3) is 0 Å². The third-order valence-corrected chi connectivity index (χ3v) is 3.75. The van der Waals surface area contributed by atoms with E-state index in [-0.39, 0.29) is 4.90 Å². The van der Waals surface area contributed by atoms with Gasteiger partial charge in [-0.1, -0.05) is 18.2 Å². The first kappa shape index (κ1) is 11.9. The molecule has 0 bridgehead atoms. The van der Waals surface area contributed by atoms with E-state index in [0.717, 1.165) is 5.70 Å². The predicted octanol–water partition coefficient (Wildman–Crippen LogP) is 1.37. The van der Waals surface area contributed by atoms with E-state index in [0.29, 0.717) is 6.67 Å². The zero-order valence-electron chi connectivity index (χ0n) is 9.70. The summed E-state index contributed by atoms with van der Waals surface area (Å²) in [6.45, 7) is 2.29. The Morgan fingerprint density at radius 3 is 2.41 bits per heavy atom. The average Bonchev–Trinajstić information content (AvgIpc) is 2.58. The van der Waals surface area contributed by atoms with Gasteiger partial charge in [0, 0.05) is 18.9 Å². The van der Waals surface area contributed by atoms with Gasteiger partial charge in [-0.2, -0.15) is 8.42 Å². The molecule has 0 spiro atoms. The van der Waals surface area contributed by atoms with Crippen LogP contribution in [0.1, 0.15) is 6.92 Å². The van der Waals surface area contributed by atoms with Gasteiger partial charge in [-0.3, -0.25) is 0 Å². The van der Waals surface area contributed by atoms with Crippen LogP contribution in [0.15, 0.2) is 47.1 Å². The molecule has 0 saturated heterocycles. The van der Waals surface area contributed by atoms with Gasteiger partial charge < -0.3 is 4.90 Å². The van der Waals surface area contributed by atoms with Crippen LogP contribution in [0, 0.1) is 0 Å². The highest BCUT2D eigenvalue weighted by Gasteiger charge is 2.23. The molecule has 92 valence electrons. The molecule has 0 aliphatic carbocycles. The van der Waals surface area contributed by atoms with Crippen molar-refractivity contribution in [2.24, 2.45) is 0 Å². The van der Waals surface area contributed by atoms with Gasteiger partial charge in [-0.05, 0) is 19.1 Å². The van der Waals surface area contributed by atoms with Crippen molar-refractivity contribution in [3.63, 3.8) is 0 Å². The van der Waals surface area contributed by atoms with E-state index in [1.165, 1.54) is 17.2 Å². The van der Waals surface area contributed by atoms with Gasteiger partial charge in [0.15, 0.2) is 0 Å². The summed E-state index contributed by atoms with van der Waals surface area (Å²) in [6, 6.07) is 8.09. The highest BCUT2D eigenvalue weighted by atomic mass is 32.2. The van der Waals surface area contributed by atoms with Gasteiger partial charge in [0.05, 0.1) is 4.90 Å². The molecule has 1 aliphatic rings. The maximum atomic E-state index is 11.9. The molecule has 0 fully saturated rings. The number of hydrogen-bond acceptors (Lipinski definition) is 5. The van der Waals surface area contributed by atoms with Crippen LogP contribution >= 0.6 is 0 Å². The second-order valence-corrected chi connectivity index (χ2v) is 5.40. The van der Waals surface area contributed by atoms with Crippen LogP contribution in [0.5, 0.6) is 0 Å². The molecule has 0 aromatic heterocycles. The van der Waals surface area contributed by atoms with E-state index in [2.05, 4.69) is 0 Å². The molecule has 0 saturated carbocycles. The number of hydroxylamine groups is 2. The average molecular weight is 254 g/mol. The molecular weight excluding hydrogens is 240 g/mol. The van der Waals surface area contributed by atoms with Crippen LogP contribution in [0.3, 0.4) is 0 Å². The van der Waals surface area contributed by atoms with Gasteiger partial charge in [-0.25, -0.2) is 5.06 Å². The van der Waals surface area contributed by atoms with E-state index >= 15 is 0 Å². The molecule has 0 amide bonds. The molecule has 17 heavy (non-hydrogen) atoms. The second-order valence-electron chi connectivity index (χ2n) is 3.87. The number of rotatable bonds is 3. The molecule has 0 radical (unpaired) electrons. The zero-order chi connectivity index (χ0) is 12.5. The highest BCUT2D eigenvalue weighted by Crippen LogP contribution is 2.18. The van der Waals surface area contributed by atoms with Crippen molar-refractivity contribution in [2.45, 2.75) is 11.8 Å². The molecule has 1 aromatic rings. The second kappa shape index (κ2) is 4.38. The summed E-state index contributed by atoms with van der Waals surface area (Å²) in [7, 11) is -1.87. The Morgan fingerprint density at radius 2 is 1.88 bits per heavy atom. The summed E-state index contributed by atoms with van der Waals surface area (Å²) in [5, 5.41) is 1.30. The lowest BCUT2D eigenvalue weighted by molar-refractivity contribution is -0.0123. The SMILES string of the molecule is CC1=CN(OS(=O)(=O)c2ccccc2)CN1C. The van der Waals surface area contributed by atoms with Crippen LogP contribution in [-0.2, 0) is 14.4 Å². The van der Waals surface area contributed by atoms with Crippen LogP contribution in [0.2, 0.25) is 0 Å². The van der Waals surface area contributed by atoms with Gasteiger partial charge in [0.2, 0.25) is 0 Å². The molecule has 1 aromatic carbocycles. The lowest BCUT2D eigenvalue weighted by atomic mass is 10.4. The Hall–Kier alpha value is -1.53. The van der Waals surface area contributed by atoms with Gasteiger partial charge in [-0.15, -0.1) is 4.28 Å². The third-order valence-electron chi connectivity index (χ3n) is 2.51. The number of benzene rings is 1. The Labute approximate surface area is 101 Å². The summed E-state index contributed by atoms with van der Waals surface area (Å²) in [5.74, 6) is 0. The van der Waals surface area contributed by atoms with Gasteiger partial charge in [0.1, 0.15) is 6.67 Å². The topological polar surface area (TPSA) is 49.9 Å². The predicted molar refractivity (Wildman–Crippen MR) is 62.9 cm³/mol. The number of nitrogens with zero attached hydrogens (tertiary/aromatic N) is 2. The summed E-state index contributed by atoms with van der Waals surface area (Å²) in [4.78, 5) is 2.04. The van der Waals surface area contributed by atoms with Crippen molar-refractivity contribution in [1.82, 2.24) is 9.96 Å². The maximum absolute atomic E-state index is 11.9. The first-order valence-corrected chi connectivity index (χ1v) is 6.56. The van der Waals surface area contributed by atoms with Crippen molar-refractivity contribution in [3.05, 3.63) is 42.2 Å². The summed E-state index contributed by atoms with van der Waals surface area (Å²) in [5.41, 5.74) is 0.952. The van der Waals surface area contributed by atoms with Crippen molar-refractivity contribution < 1.29 is 12.7 Å². The monoisotopic (exact) mass is 254 g/mol. The first-order valence-electron chi connectivity index (χ1n) is 5.15. The van der Waals surface area contributed by atoms with Gasteiger partial charge in [0.25, 0.3) is 0 Å².